The minimum atomic E-state index is -4.32. The number of benzene rings is 3. The Balaban J connectivity index is 1.57. The Bertz CT molecular complexity index is 1110. The quantitative estimate of drug-likeness (QED) is 0.347. The van der Waals surface area contributed by atoms with Gasteiger partial charge in [0, 0.05) is 6.07 Å². The zero-order chi connectivity index (χ0) is 23.8. The highest BCUT2D eigenvalue weighted by molar-refractivity contribution is 5.64. The van der Waals surface area contributed by atoms with Gasteiger partial charge >= 0.3 is 6.11 Å². The van der Waals surface area contributed by atoms with Crippen molar-refractivity contribution in [3.05, 3.63) is 88.7 Å². The Kier molecular flexibility index (Phi) is 6.46. The van der Waals surface area contributed by atoms with Crippen LogP contribution in [0, 0.1) is 30.3 Å². The second kappa shape index (κ2) is 9.16. The van der Waals surface area contributed by atoms with Crippen LogP contribution in [0.25, 0.3) is 11.1 Å². The second-order valence-electron chi connectivity index (χ2n) is 8.92. The lowest BCUT2D eigenvalue weighted by Crippen LogP contribution is -2.25. The average molecular weight is 460 g/mol. The summed E-state index contributed by atoms with van der Waals surface area (Å²) >= 11 is 0. The summed E-state index contributed by atoms with van der Waals surface area (Å²) < 4.78 is 76.6. The lowest BCUT2D eigenvalue weighted by atomic mass is 9.79. The summed E-state index contributed by atoms with van der Waals surface area (Å²) in [5.74, 6) is -2.96. The molecule has 0 spiro atoms. The van der Waals surface area contributed by atoms with Crippen LogP contribution < -0.4 is 4.74 Å². The molecule has 0 radical (unpaired) electrons. The van der Waals surface area contributed by atoms with Crippen LogP contribution in [0.2, 0.25) is 0 Å². The maximum atomic E-state index is 14.7. The van der Waals surface area contributed by atoms with E-state index >= 15 is 0 Å². The average Bonchev–Trinajstić information content (AvgIpc) is 2.76. The molecule has 0 aromatic heterocycles. The summed E-state index contributed by atoms with van der Waals surface area (Å²) in [6.45, 7) is 3.71. The molecule has 6 heteroatoms. The summed E-state index contributed by atoms with van der Waals surface area (Å²) in [7, 11) is 0. The zero-order valence-corrected chi connectivity index (χ0v) is 18.5. The van der Waals surface area contributed by atoms with E-state index in [0.29, 0.717) is 11.5 Å². The van der Waals surface area contributed by atoms with E-state index < -0.39 is 34.9 Å². The van der Waals surface area contributed by atoms with Crippen molar-refractivity contribution >= 4 is 0 Å². The van der Waals surface area contributed by atoms with Gasteiger partial charge in [-0.2, -0.15) is 8.78 Å². The van der Waals surface area contributed by atoms with Crippen LogP contribution >= 0.6 is 0 Å². The monoisotopic (exact) mass is 460 g/mol. The van der Waals surface area contributed by atoms with E-state index in [4.69, 9.17) is 0 Å². The van der Waals surface area contributed by atoms with Crippen LogP contribution in [0.1, 0.15) is 55.2 Å². The highest BCUT2D eigenvalue weighted by Crippen LogP contribution is 2.39. The predicted molar refractivity (Wildman–Crippen MR) is 118 cm³/mol. The van der Waals surface area contributed by atoms with E-state index in [1.54, 1.807) is 12.1 Å². The third-order valence-corrected chi connectivity index (χ3v) is 6.45. The summed E-state index contributed by atoms with van der Waals surface area (Å²) in [5.41, 5.74) is 0.567. The molecule has 174 valence electrons. The molecule has 1 fully saturated rings. The molecule has 1 aliphatic carbocycles. The maximum absolute atomic E-state index is 14.7. The van der Waals surface area contributed by atoms with Gasteiger partial charge in [-0.1, -0.05) is 50.1 Å². The minimum Gasteiger partial charge on any atom is -0.429 e. The first-order valence-corrected chi connectivity index (χ1v) is 11.1. The molecule has 0 heterocycles. The number of rotatable bonds is 5. The van der Waals surface area contributed by atoms with Crippen LogP contribution in [0.4, 0.5) is 22.0 Å². The fourth-order valence-corrected chi connectivity index (χ4v) is 4.40. The molecule has 4 rings (SSSR count). The van der Waals surface area contributed by atoms with E-state index in [0.717, 1.165) is 43.0 Å². The normalized spacial score (nSPS) is 18.9. The molecule has 3 aromatic carbocycles. The van der Waals surface area contributed by atoms with E-state index in [1.807, 2.05) is 12.1 Å². The third-order valence-electron chi connectivity index (χ3n) is 6.45. The minimum absolute atomic E-state index is 0.148. The molecular weight excluding hydrogens is 435 g/mol. The van der Waals surface area contributed by atoms with Crippen molar-refractivity contribution in [2.45, 2.75) is 51.6 Å². The fourth-order valence-electron chi connectivity index (χ4n) is 4.40. The van der Waals surface area contributed by atoms with E-state index in [9.17, 15) is 22.0 Å². The van der Waals surface area contributed by atoms with Gasteiger partial charge in [-0.05, 0) is 72.1 Å². The van der Waals surface area contributed by atoms with Crippen LogP contribution in [-0.4, -0.2) is 0 Å². The van der Waals surface area contributed by atoms with Crippen molar-refractivity contribution in [3.8, 4) is 16.9 Å². The Morgan fingerprint density at radius 2 is 1.36 bits per heavy atom. The van der Waals surface area contributed by atoms with Crippen molar-refractivity contribution in [1.29, 1.82) is 0 Å². The van der Waals surface area contributed by atoms with Gasteiger partial charge in [-0.3, -0.25) is 0 Å². The smallest absolute Gasteiger partial charge is 0.429 e. The zero-order valence-electron chi connectivity index (χ0n) is 18.5. The van der Waals surface area contributed by atoms with Crippen molar-refractivity contribution in [2.75, 3.05) is 0 Å². The van der Waals surface area contributed by atoms with Gasteiger partial charge in [0.25, 0.3) is 0 Å². The first kappa shape index (κ1) is 23.3. The molecule has 3 aromatic rings. The molecule has 1 nitrogen and oxygen atoms in total. The van der Waals surface area contributed by atoms with Crippen molar-refractivity contribution < 1.29 is 26.7 Å². The lowest BCUT2D eigenvalue weighted by molar-refractivity contribution is -0.189. The topological polar surface area (TPSA) is 9.23 Å². The largest absolute Gasteiger partial charge is 0.432 e. The molecule has 0 bridgehead atoms. The maximum Gasteiger partial charge on any atom is 0.432 e. The first-order chi connectivity index (χ1) is 15.6. The summed E-state index contributed by atoms with van der Waals surface area (Å²) in [6, 6.07) is 12.2. The van der Waals surface area contributed by atoms with Gasteiger partial charge in [0.15, 0.2) is 0 Å². The molecule has 1 saturated carbocycles. The van der Waals surface area contributed by atoms with Crippen molar-refractivity contribution in [1.82, 2.24) is 0 Å². The number of ether oxygens (including phenoxy) is 1. The predicted octanol–water partition coefficient (Wildman–Crippen LogP) is 8.50. The number of alkyl halides is 2. The molecule has 0 atom stereocenters. The van der Waals surface area contributed by atoms with Crippen LogP contribution in [0.15, 0.2) is 54.6 Å². The van der Waals surface area contributed by atoms with Crippen LogP contribution in [0.3, 0.4) is 0 Å². The summed E-state index contributed by atoms with van der Waals surface area (Å²) in [6.07, 6.45) is 0.249. The van der Waals surface area contributed by atoms with Gasteiger partial charge in [0.2, 0.25) is 0 Å². The Morgan fingerprint density at radius 1 is 0.758 bits per heavy atom. The van der Waals surface area contributed by atoms with E-state index in [1.165, 1.54) is 31.4 Å². The highest BCUT2D eigenvalue weighted by atomic mass is 19.3. The molecular formula is C27H25F5O. The van der Waals surface area contributed by atoms with Gasteiger partial charge in [0.1, 0.15) is 28.8 Å². The van der Waals surface area contributed by atoms with Gasteiger partial charge in [0.05, 0.1) is 0 Å². The molecule has 0 N–H and O–H groups in total. The molecule has 1 aliphatic rings. The first-order valence-electron chi connectivity index (χ1n) is 11.1. The molecule has 0 aliphatic heterocycles. The molecule has 0 amide bonds. The Morgan fingerprint density at radius 3 is 1.94 bits per heavy atom. The Labute approximate surface area is 190 Å². The van der Waals surface area contributed by atoms with Crippen LogP contribution in [-0.2, 0) is 6.11 Å². The molecule has 33 heavy (non-hydrogen) atoms. The number of hydrogen-bond acceptors (Lipinski definition) is 1. The summed E-state index contributed by atoms with van der Waals surface area (Å²) in [4.78, 5) is 0. The van der Waals surface area contributed by atoms with Crippen LogP contribution in [0.5, 0.6) is 5.75 Å². The van der Waals surface area contributed by atoms with Gasteiger partial charge in [-0.25, -0.2) is 13.2 Å². The second-order valence-corrected chi connectivity index (χ2v) is 8.92. The number of halogens is 5. The molecule has 0 saturated heterocycles. The summed E-state index contributed by atoms with van der Waals surface area (Å²) in [5, 5.41) is 0. The highest BCUT2D eigenvalue weighted by Gasteiger charge is 2.41. The third kappa shape index (κ3) is 5.05. The van der Waals surface area contributed by atoms with E-state index in [-0.39, 0.29) is 11.1 Å². The Hall–Kier alpha value is -2.89. The van der Waals surface area contributed by atoms with Crippen molar-refractivity contribution in [3.63, 3.8) is 0 Å². The fraction of sp³-hybridized carbons (Fsp3) is 0.333. The van der Waals surface area contributed by atoms with Gasteiger partial charge in [-0.15, -0.1) is 0 Å². The molecule has 0 unspecified atom stereocenters. The van der Waals surface area contributed by atoms with E-state index in [2.05, 4.69) is 11.7 Å². The number of hydrogen-bond donors (Lipinski definition) is 0. The lowest BCUT2D eigenvalue weighted by Gasteiger charge is -2.26. The SMILES string of the molecule is Cc1ccc(OC(F)(F)c2c(F)cc(-c3ccc(C4CCC(C)CC4)cc3)cc2F)cc1F. The standard InChI is InChI=1S/C27H25F5O/c1-16-3-6-18(7-4-16)19-8-10-20(11-9-19)21-13-24(29)26(25(30)14-21)27(31,32)33-22-12-5-17(2)23(28)15-22/h5,8-16,18H,3-4,6-7H2,1-2H3. The van der Waals surface area contributed by atoms with Crippen molar-refractivity contribution in [2.24, 2.45) is 5.92 Å². The number of aryl methyl sites for hydroxylation is 1. The van der Waals surface area contributed by atoms with Gasteiger partial charge < -0.3 is 4.74 Å².